The Bertz CT molecular complexity index is 909. The molecule has 10 heteroatoms. The van der Waals surface area contributed by atoms with Gasteiger partial charge in [-0.2, -0.15) is 0 Å². The second-order valence-corrected chi connectivity index (χ2v) is 7.56. The van der Waals surface area contributed by atoms with Crippen LogP contribution < -0.4 is 9.62 Å². The van der Waals surface area contributed by atoms with Crippen molar-refractivity contribution in [3.05, 3.63) is 48.3 Å². The minimum absolute atomic E-state index is 0.267. The van der Waals surface area contributed by atoms with Crippen LogP contribution in [0, 0.1) is 17.6 Å². The van der Waals surface area contributed by atoms with Gasteiger partial charge in [-0.1, -0.05) is 0 Å². The molecule has 1 atom stereocenters. The Morgan fingerprint density at radius 1 is 1.19 bits per heavy atom. The third kappa shape index (κ3) is 3.96. The Hall–Kier alpha value is -2.62. The summed E-state index contributed by atoms with van der Waals surface area (Å²) in [5.74, 6) is -3.29. The second-order valence-electron chi connectivity index (χ2n) is 5.88. The van der Waals surface area contributed by atoms with E-state index < -0.39 is 38.4 Å². The van der Waals surface area contributed by atoms with Crippen molar-refractivity contribution in [2.75, 3.05) is 18.0 Å². The molecule has 7 nitrogen and oxygen atoms in total. The van der Waals surface area contributed by atoms with Crippen LogP contribution in [0.3, 0.4) is 0 Å². The molecule has 1 aliphatic rings. The topological polar surface area (TPSA) is 92.3 Å². The van der Waals surface area contributed by atoms with Crippen molar-refractivity contribution < 1.29 is 22.0 Å². The molecule has 3 rings (SSSR count). The lowest BCUT2D eigenvalue weighted by Crippen LogP contribution is -2.45. The van der Waals surface area contributed by atoms with E-state index in [1.165, 1.54) is 0 Å². The minimum atomic E-state index is -4.29. The number of aromatic nitrogens is 2. The van der Waals surface area contributed by atoms with Gasteiger partial charge in [0.15, 0.2) is 11.6 Å². The molecule has 1 fully saturated rings. The second kappa shape index (κ2) is 7.32. The summed E-state index contributed by atoms with van der Waals surface area (Å²) in [7, 11) is -4.29. The van der Waals surface area contributed by atoms with E-state index in [9.17, 15) is 22.0 Å². The van der Waals surface area contributed by atoms with Gasteiger partial charge in [-0.15, -0.1) is 0 Å². The number of carbonyl (C=O) groups excluding carboxylic acids is 1. The number of amides is 1. The van der Waals surface area contributed by atoms with E-state index in [4.69, 9.17) is 0 Å². The molecule has 1 aliphatic heterocycles. The van der Waals surface area contributed by atoms with Crippen molar-refractivity contribution in [2.45, 2.75) is 17.7 Å². The minimum Gasteiger partial charge on any atom is -0.340 e. The van der Waals surface area contributed by atoms with E-state index in [1.807, 2.05) is 4.72 Å². The van der Waals surface area contributed by atoms with Crippen LogP contribution in [-0.2, 0) is 14.8 Å². The number of halogens is 2. The van der Waals surface area contributed by atoms with E-state index in [0.29, 0.717) is 37.5 Å². The smallest absolute Gasteiger partial charge is 0.264 e. The summed E-state index contributed by atoms with van der Waals surface area (Å²) < 4.78 is 52.7. The SMILES string of the molecule is O=C(NS(=O)(=O)c1ccc(F)c(F)c1)C1CCCN(c2ncccn2)C1. The van der Waals surface area contributed by atoms with Crippen LogP contribution >= 0.6 is 0 Å². The van der Waals surface area contributed by atoms with Gasteiger partial charge in [-0.3, -0.25) is 4.79 Å². The third-order valence-corrected chi connectivity index (χ3v) is 5.41. The van der Waals surface area contributed by atoms with Gasteiger partial charge >= 0.3 is 0 Å². The Morgan fingerprint density at radius 2 is 1.92 bits per heavy atom. The van der Waals surface area contributed by atoms with Gasteiger partial charge in [0.25, 0.3) is 10.0 Å². The number of carbonyl (C=O) groups is 1. The number of sulfonamides is 1. The Kier molecular flexibility index (Phi) is 5.12. The van der Waals surface area contributed by atoms with Gasteiger partial charge in [0, 0.05) is 25.5 Å². The molecule has 0 aliphatic carbocycles. The molecule has 0 radical (unpaired) electrons. The molecular weight excluding hydrogens is 366 g/mol. The van der Waals surface area contributed by atoms with Crippen LogP contribution in [-0.4, -0.2) is 37.4 Å². The Morgan fingerprint density at radius 3 is 2.62 bits per heavy atom. The molecule has 0 bridgehead atoms. The molecule has 1 saturated heterocycles. The van der Waals surface area contributed by atoms with Crippen LogP contribution in [0.4, 0.5) is 14.7 Å². The summed E-state index contributed by atoms with van der Waals surface area (Å²) in [6.45, 7) is 0.923. The van der Waals surface area contributed by atoms with Crippen molar-refractivity contribution in [1.29, 1.82) is 0 Å². The highest BCUT2D eigenvalue weighted by molar-refractivity contribution is 7.90. The van der Waals surface area contributed by atoms with Crippen LogP contribution in [0.25, 0.3) is 0 Å². The van der Waals surface area contributed by atoms with Gasteiger partial charge in [0.1, 0.15) is 0 Å². The molecule has 1 aromatic carbocycles. The fraction of sp³-hybridized carbons (Fsp3) is 0.312. The van der Waals surface area contributed by atoms with E-state index in [2.05, 4.69) is 9.97 Å². The molecule has 1 unspecified atom stereocenters. The van der Waals surface area contributed by atoms with Gasteiger partial charge in [0.05, 0.1) is 10.8 Å². The van der Waals surface area contributed by atoms with Crippen LogP contribution in [0.15, 0.2) is 41.6 Å². The lowest BCUT2D eigenvalue weighted by Gasteiger charge is -2.31. The van der Waals surface area contributed by atoms with Crippen molar-refractivity contribution in [1.82, 2.24) is 14.7 Å². The molecule has 0 saturated carbocycles. The number of hydrogen-bond acceptors (Lipinski definition) is 6. The number of benzene rings is 1. The van der Waals surface area contributed by atoms with Crippen molar-refractivity contribution in [2.24, 2.45) is 5.92 Å². The quantitative estimate of drug-likeness (QED) is 0.861. The average molecular weight is 382 g/mol. The number of rotatable bonds is 4. The van der Waals surface area contributed by atoms with Crippen molar-refractivity contribution in [3.63, 3.8) is 0 Å². The van der Waals surface area contributed by atoms with Crippen molar-refractivity contribution >= 4 is 21.9 Å². The van der Waals surface area contributed by atoms with E-state index in [1.54, 1.807) is 23.4 Å². The lowest BCUT2D eigenvalue weighted by atomic mass is 9.98. The van der Waals surface area contributed by atoms with Gasteiger partial charge < -0.3 is 4.90 Å². The molecule has 138 valence electrons. The van der Waals surface area contributed by atoms with E-state index in [-0.39, 0.29) is 6.54 Å². The maximum atomic E-state index is 13.3. The molecule has 2 aromatic rings. The lowest BCUT2D eigenvalue weighted by molar-refractivity contribution is -0.123. The highest BCUT2D eigenvalue weighted by atomic mass is 32.2. The monoisotopic (exact) mass is 382 g/mol. The zero-order chi connectivity index (χ0) is 18.7. The highest BCUT2D eigenvalue weighted by Gasteiger charge is 2.30. The first-order valence-corrected chi connectivity index (χ1v) is 9.39. The molecule has 1 aromatic heterocycles. The fourth-order valence-electron chi connectivity index (χ4n) is 2.75. The summed E-state index contributed by atoms with van der Waals surface area (Å²) in [4.78, 5) is 21.9. The molecule has 26 heavy (non-hydrogen) atoms. The van der Waals surface area contributed by atoms with Crippen LogP contribution in [0.1, 0.15) is 12.8 Å². The maximum Gasteiger partial charge on any atom is 0.264 e. The predicted octanol–water partition coefficient (Wildman–Crippen LogP) is 1.48. The highest BCUT2D eigenvalue weighted by Crippen LogP contribution is 2.21. The van der Waals surface area contributed by atoms with Gasteiger partial charge in [-0.25, -0.2) is 31.9 Å². The molecule has 1 amide bonds. The number of piperidine rings is 1. The van der Waals surface area contributed by atoms with E-state index in [0.717, 1.165) is 6.07 Å². The normalized spacial score (nSPS) is 17.8. The summed E-state index contributed by atoms with van der Waals surface area (Å²) in [5, 5.41) is 0. The summed E-state index contributed by atoms with van der Waals surface area (Å²) >= 11 is 0. The maximum absolute atomic E-state index is 13.3. The first-order valence-electron chi connectivity index (χ1n) is 7.90. The summed E-state index contributed by atoms with van der Waals surface area (Å²) in [6.07, 6.45) is 4.34. The average Bonchev–Trinajstić information content (AvgIpc) is 2.64. The molecule has 2 heterocycles. The molecule has 1 N–H and O–H groups in total. The standard InChI is InChI=1S/C16H16F2N4O3S/c17-13-5-4-12(9-14(13)18)26(24,25)21-15(23)11-3-1-8-22(10-11)16-19-6-2-7-20-16/h2,4-7,9,11H,1,3,8,10H2,(H,21,23). The Balaban J connectivity index is 1.71. The first kappa shape index (κ1) is 18.2. The largest absolute Gasteiger partial charge is 0.340 e. The molecular formula is C16H16F2N4O3S. The third-order valence-electron chi connectivity index (χ3n) is 4.06. The summed E-state index contributed by atoms with van der Waals surface area (Å²) in [5.41, 5.74) is 0. The van der Waals surface area contributed by atoms with E-state index >= 15 is 0 Å². The zero-order valence-electron chi connectivity index (χ0n) is 13.6. The first-order chi connectivity index (χ1) is 12.4. The van der Waals surface area contributed by atoms with Crippen LogP contribution in [0.5, 0.6) is 0 Å². The van der Waals surface area contributed by atoms with Gasteiger partial charge in [-0.05, 0) is 37.1 Å². The fourth-order valence-corrected chi connectivity index (χ4v) is 3.80. The number of hydrogen-bond donors (Lipinski definition) is 1. The predicted molar refractivity (Wildman–Crippen MR) is 88.7 cm³/mol. The summed E-state index contributed by atoms with van der Waals surface area (Å²) in [6, 6.07) is 3.81. The number of nitrogens with one attached hydrogen (secondary N) is 1. The van der Waals surface area contributed by atoms with Gasteiger partial charge in [0.2, 0.25) is 11.9 Å². The molecule has 0 spiro atoms. The zero-order valence-corrected chi connectivity index (χ0v) is 14.4. The number of anilines is 1. The van der Waals surface area contributed by atoms with Crippen LogP contribution in [0.2, 0.25) is 0 Å². The van der Waals surface area contributed by atoms with Crippen molar-refractivity contribution in [3.8, 4) is 0 Å². The Labute approximate surface area is 149 Å². The number of nitrogens with zero attached hydrogens (tertiary/aromatic N) is 3.